The van der Waals surface area contributed by atoms with Crippen LogP contribution in [0, 0.1) is 0 Å². The summed E-state index contributed by atoms with van der Waals surface area (Å²) in [6, 6.07) is 1.83. The van der Waals surface area contributed by atoms with E-state index in [1.54, 1.807) is 12.4 Å². The normalized spacial score (nSPS) is 7.25. The van der Waals surface area contributed by atoms with Gasteiger partial charge in [-0.15, -0.1) is 0 Å². The molecular weight excluding hydrogens is 102 g/mol. The molecule has 0 amide bonds. The average molecular weight is 113 g/mol. The quantitative estimate of drug-likeness (QED) is 0.506. The fraction of sp³-hybridized carbons (Fsp3) is 0.400. The van der Waals surface area contributed by atoms with Crippen LogP contribution in [0.15, 0.2) is 18.5 Å². The van der Waals surface area contributed by atoms with Crippen LogP contribution in [-0.4, -0.2) is 24.3 Å². The Balaban J connectivity index is 0.000000145. The van der Waals surface area contributed by atoms with Gasteiger partial charge in [0, 0.05) is 12.4 Å². The maximum atomic E-state index is 3.60. The summed E-state index contributed by atoms with van der Waals surface area (Å²) in [5.74, 6) is 0. The van der Waals surface area contributed by atoms with Gasteiger partial charge in [0.05, 0.1) is 0 Å². The van der Waals surface area contributed by atoms with Crippen LogP contribution in [0.5, 0.6) is 0 Å². The predicted molar refractivity (Wildman–Crippen MR) is 33.6 cm³/mol. The van der Waals surface area contributed by atoms with Crippen molar-refractivity contribution in [1.82, 2.24) is 15.5 Å². The van der Waals surface area contributed by atoms with E-state index in [1.165, 1.54) is 0 Å². The number of aromatic amines is 1. The fourth-order valence-corrected chi connectivity index (χ4v) is 0.215. The lowest BCUT2D eigenvalue weighted by Gasteiger charge is -1.59. The lowest BCUT2D eigenvalue weighted by Crippen LogP contribution is -1.89. The van der Waals surface area contributed by atoms with Gasteiger partial charge in [0.1, 0.15) is 0 Å². The third kappa shape index (κ3) is 5.17. The van der Waals surface area contributed by atoms with E-state index in [1.807, 2.05) is 20.2 Å². The maximum absolute atomic E-state index is 3.60. The highest BCUT2D eigenvalue weighted by Crippen LogP contribution is 1.64. The van der Waals surface area contributed by atoms with Crippen molar-refractivity contribution in [2.45, 2.75) is 0 Å². The van der Waals surface area contributed by atoms with Crippen molar-refractivity contribution >= 4 is 0 Å². The molecule has 1 aromatic heterocycles. The van der Waals surface area contributed by atoms with Gasteiger partial charge in [-0.3, -0.25) is 5.10 Å². The van der Waals surface area contributed by atoms with Crippen LogP contribution in [0.4, 0.5) is 0 Å². The highest BCUT2D eigenvalue weighted by atomic mass is 15.1. The summed E-state index contributed by atoms with van der Waals surface area (Å²) in [6.45, 7) is 0. The minimum Gasteiger partial charge on any atom is -0.323 e. The molecule has 8 heavy (non-hydrogen) atoms. The van der Waals surface area contributed by atoms with Gasteiger partial charge < -0.3 is 5.32 Å². The van der Waals surface area contributed by atoms with Crippen molar-refractivity contribution in [2.24, 2.45) is 0 Å². The monoisotopic (exact) mass is 113 g/mol. The molecule has 1 heterocycles. The van der Waals surface area contributed by atoms with Crippen molar-refractivity contribution in [3.8, 4) is 0 Å². The molecular formula is C5H11N3. The Bertz CT molecular complexity index is 74.6. The second-order valence-corrected chi connectivity index (χ2v) is 1.27. The first-order valence-corrected chi connectivity index (χ1v) is 2.44. The van der Waals surface area contributed by atoms with Gasteiger partial charge in [0.15, 0.2) is 0 Å². The minimum atomic E-state index is 1.69. The van der Waals surface area contributed by atoms with Crippen molar-refractivity contribution in [2.75, 3.05) is 14.1 Å². The summed E-state index contributed by atoms with van der Waals surface area (Å²) in [7, 11) is 3.75. The zero-order chi connectivity index (χ0) is 6.24. The zero-order valence-corrected chi connectivity index (χ0v) is 5.18. The lowest BCUT2D eigenvalue weighted by atomic mass is 10.8. The number of H-pyrrole nitrogens is 1. The molecule has 3 nitrogen and oxygen atoms in total. The Hall–Kier alpha value is -0.830. The van der Waals surface area contributed by atoms with Crippen molar-refractivity contribution in [3.63, 3.8) is 0 Å². The van der Waals surface area contributed by atoms with E-state index in [0.717, 1.165) is 0 Å². The van der Waals surface area contributed by atoms with Crippen LogP contribution >= 0.6 is 0 Å². The molecule has 2 N–H and O–H groups in total. The number of nitrogens with one attached hydrogen (secondary N) is 2. The Morgan fingerprint density at radius 3 is 2.25 bits per heavy atom. The molecule has 0 saturated heterocycles. The van der Waals surface area contributed by atoms with Gasteiger partial charge >= 0.3 is 0 Å². The zero-order valence-electron chi connectivity index (χ0n) is 5.18. The Morgan fingerprint density at radius 1 is 1.50 bits per heavy atom. The van der Waals surface area contributed by atoms with Gasteiger partial charge in [-0.05, 0) is 20.2 Å². The molecule has 1 rings (SSSR count). The topological polar surface area (TPSA) is 40.7 Å². The van der Waals surface area contributed by atoms with E-state index in [2.05, 4.69) is 15.5 Å². The third-order valence-corrected chi connectivity index (χ3v) is 0.406. The van der Waals surface area contributed by atoms with Gasteiger partial charge in [0.25, 0.3) is 0 Å². The van der Waals surface area contributed by atoms with Crippen LogP contribution in [0.1, 0.15) is 0 Å². The molecule has 0 bridgehead atoms. The molecule has 0 aliphatic carbocycles. The summed E-state index contributed by atoms with van der Waals surface area (Å²) in [5.41, 5.74) is 0. The molecule has 0 aliphatic heterocycles. The first kappa shape index (κ1) is 7.17. The average Bonchev–Trinajstić information content (AvgIpc) is 2.17. The number of rotatable bonds is 0. The summed E-state index contributed by atoms with van der Waals surface area (Å²) in [6.07, 6.45) is 3.46. The molecule has 0 fully saturated rings. The van der Waals surface area contributed by atoms with Gasteiger partial charge in [-0.2, -0.15) is 5.10 Å². The highest BCUT2D eigenvalue weighted by Gasteiger charge is 1.56. The maximum Gasteiger partial charge on any atom is 0.0487 e. The Kier molecular flexibility index (Phi) is 5.53. The predicted octanol–water partition coefficient (Wildman–Crippen LogP) is 0.245. The van der Waals surface area contributed by atoms with Gasteiger partial charge in [-0.25, -0.2) is 0 Å². The van der Waals surface area contributed by atoms with Gasteiger partial charge in [-0.1, -0.05) is 0 Å². The molecule has 3 heteroatoms. The van der Waals surface area contributed by atoms with Crippen LogP contribution in [0.25, 0.3) is 0 Å². The summed E-state index contributed by atoms with van der Waals surface area (Å²) in [5, 5.41) is 8.96. The van der Waals surface area contributed by atoms with Crippen LogP contribution in [0.3, 0.4) is 0 Å². The summed E-state index contributed by atoms with van der Waals surface area (Å²) < 4.78 is 0. The molecule has 0 spiro atoms. The molecule has 46 valence electrons. The standard InChI is InChI=1S/C3H4N2.C2H7N/c1-2-4-5-3-1;1-3-2/h1-3H,(H,4,5);3H,1-2H3. The van der Waals surface area contributed by atoms with Crippen molar-refractivity contribution in [3.05, 3.63) is 18.5 Å². The third-order valence-electron chi connectivity index (χ3n) is 0.406. The molecule has 0 aromatic carbocycles. The van der Waals surface area contributed by atoms with Crippen LogP contribution in [0.2, 0.25) is 0 Å². The highest BCUT2D eigenvalue weighted by molar-refractivity contribution is 4.72. The second-order valence-electron chi connectivity index (χ2n) is 1.27. The molecule has 0 radical (unpaired) electrons. The molecule has 1 aromatic rings. The first-order valence-electron chi connectivity index (χ1n) is 2.44. The van der Waals surface area contributed by atoms with E-state index in [-0.39, 0.29) is 0 Å². The van der Waals surface area contributed by atoms with Crippen LogP contribution in [-0.2, 0) is 0 Å². The Morgan fingerprint density at radius 2 is 2.12 bits per heavy atom. The molecule has 0 unspecified atom stereocenters. The number of nitrogens with zero attached hydrogens (tertiary/aromatic N) is 1. The number of aromatic nitrogens is 2. The summed E-state index contributed by atoms with van der Waals surface area (Å²) in [4.78, 5) is 0. The smallest absolute Gasteiger partial charge is 0.0487 e. The first-order chi connectivity index (χ1) is 3.91. The van der Waals surface area contributed by atoms with E-state index in [4.69, 9.17) is 0 Å². The number of hydrogen-bond acceptors (Lipinski definition) is 2. The minimum absolute atomic E-state index is 1.69. The largest absolute Gasteiger partial charge is 0.323 e. The van der Waals surface area contributed by atoms with E-state index < -0.39 is 0 Å². The van der Waals surface area contributed by atoms with E-state index in [9.17, 15) is 0 Å². The van der Waals surface area contributed by atoms with E-state index >= 15 is 0 Å². The lowest BCUT2D eigenvalue weighted by molar-refractivity contribution is 1.02. The van der Waals surface area contributed by atoms with Gasteiger partial charge in [0.2, 0.25) is 0 Å². The second kappa shape index (κ2) is 6.17. The molecule has 0 saturated carbocycles. The van der Waals surface area contributed by atoms with Crippen molar-refractivity contribution < 1.29 is 0 Å². The van der Waals surface area contributed by atoms with Crippen molar-refractivity contribution in [1.29, 1.82) is 0 Å². The number of hydrogen-bond donors (Lipinski definition) is 2. The fourth-order valence-electron chi connectivity index (χ4n) is 0.215. The summed E-state index contributed by atoms with van der Waals surface area (Å²) >= 11 is 0. The Labute approximate surface area is 49.1 Å². The van der Waals surface area contributed by atoms with Crippen LogP contribution < -0.4 is 5.32 Å². The van der Waals surface area contributed by atoms with E-state index in [0.29, 0.717) is 0 Å². The SMILES string of the molecule is CNC.c1cn[nH]c1. The molecule has 0 atom stereocenters. The molecule has 0 aliphatic rings.